The van der Waals surface area contributed by atoms with Gasteiger partial charge in [-0.3, -0.25) is 9.69 Å². The molecule has 0 spiro atoms. The molecule has 0 aromatic carbocycles. The fourth-order valence-corrected chi connectivity index (χ4v) is 3.15. The molecule has 2 aliphatic rings. The molecular formula is C12H22N2O. The van der Waals surface area contributed by atoms with Crippen LogP contribution in [-0.4, -0.2) is 36.5 Å². The fraction of sp³-hybridized carbons (Fsp3) is 0.917. The average Bonchev–Trinajstić information content (AvgIpc) is 2.28. The number of piperidine rings is 2. The molecule has 3 heteroatoms. The van der Waals surface area contributed by atoms with Crippen molar-refractivity contribution in [3.63, 3.8) is 0 Å². The summed E-state index contributed by atoms with van der Waals surface area (Å²) in [5.74, 6) is 1.20. The third-order valence-corrected chi connectivity index (χ3v) is 4.12. The number of carbonyl (C=O) groups excluding carboxylic acids is 1. The maximum atomic E-state index is 11.7. The van der Waals surface area contributed by atoms with Gasteiger partial charge in [-0.1, -0.05) is 13.8 Å². The molecule has 1 N–H and O–H groups in total. The number of nitrogens with one attached hydrogen (secondary N) is 1. The zero-order valence-electron chi connectivity index (χ0n) is 9.83. The van der Waals surface area contributed by atoms with Gasteiger partial charge in [0.05, 0.1) is 5.92 Å². The molecule has 1 amide bonds. The standard InChI is InChI=1S/C12H22N2O/c1-3-10-7-9-5-6-13-12(15)11(9)8-14(10)4-2/h9-11H,3-8H2,1-2H3,(H,13,15). The highest BCUT2D eigenvalue weighted by Gasteiger charge is 2.39. The van der Waals surface area contributed by atoms with Crippen LogP contribution >= 0.6 is 0 Å². The van der Waals surface area contributed by atoms with Crippen molar-refractivity contribution in [2.75, 3.05) is 19.6 Å². The molecule has 0 aromatic heterocycles. The Kier molecular flexibility index (Phi) is 3.29. The molecule has 2 aliphatic heterocycles. The second kappa shape index (κ2) is 4.52. The van der Waals surface area contributed by atoms with Crippen LogP contribution in [0, 0.1) is 11.8 Å². The first kappa shape index (κ1) is 10.9. The van der Waals surface area contributed by atoms with Crippen molar-refractivity contribution in [3.05, 3.63) is 0 Å². The number of hydrogen-bond donors (Lipinski definition) is 1. The van der Waals surface area contributed by atoms with Gasteiger partial charge in [0.25, 0.3) is 0 Å². The van der Waals surface area contributed by atoms with Gasteiger partial charge in [0.15, 0.2) is 0 Å². The quantitative estimate of drug-likeness (QED) is 0.744. The first-order valence-corrected chi connectivity index (χ1v) is 6.28. The van der Waals surface area contributed by atoms with Crippen molar-refractivity contribution >= 4 is 5.91 Å². The van der Waals surface area contributed by atoms with Gasteiger partial charge < -0.3 is 5.32 Å². The van der Waals surface area contributed by atoms with E-state index in [-0.39, 0.29) is 5.92 Å². The van der Waals surface area contributed by atoms with Gasteiger partial charge in [-0.25, -0.2) is 0 Å². The Bertz CT molecular complexity index is 242. The summed E-state index contributed by atoms with van der Waals surface area (Å²) in [6.07, 6.45) is 3.63. The molecule has 3 nitrogen and oxygen atoms in total. The molecule has 86 valence electrons. The molecule has 3 atom stereocenters. The topological polar surface area (TPSA) is 32.3 Å². The summed E-state index contributed by atoms with van der Waals surface area (Å²) in [5.41, 5.74) is 0. The normalized spacial score (nSPS) is 37.2. The van der Waals surface area contributed by atoms with E-state index in [4.69, 9.17) is 0 Å². The zero-order chi connectivity index (χ0) is 10.8. The Morgan fingerprint density at radius 1 is 1.47 bits per heavy atom. The molecule has 2 heterocycles. The molecular weight excluding hydrogens is 188 g/mol. The summed E-state index contributed by atoms with van der Waals surface area (Å²) >= 11 is 0. The van der Waals surface area contributed by atoms with Gasteiger partial charge in [-0.15, -0.1) is 0 Å². The summed E-state index contributed by atoms with van der Waals surface area (Å²) in [5, 5.41) is 2.99. The maximum Gasteiger partial charge on any atom is 0.224 e. The minimum absolute atomic E-state index is 0.265. The van der Waals surface area contributed by atoms with Gasteiger partial charge in [0.1, 0.15) is 0 Å². The first-order valence-electron chi connectivity index (χ1n) is 6.28. The number of nitrogens with zero attached hydrogens (tertiary/aromatic N) is 1. The van der Waals surface area contributed by atoms with Crippen molar-refractivity contribution in [1.82, 2.24) is 10.2 Å². The summed E-state index contributed by atoms with van der Waals surface area (Å²) in [4.78, 5) is 14.2. The van der Waals surface area contributed by atoms with Gasteiger partial charge in [0.2, 0.25) is 5.91 Å². The lowest BCUT2D eigenvalue weighted by molar-refractivity contribution is -0.132. The van der Waals surface area contributed by atoms with E-state index in [0.29, 0.717) is 17.9 Å². The van der Waals surface area contributed by atoms with Crippen LogP contribution in [0.5, 0.6) is 0 Å². The number of rotatable bonds is 2. The summed E-state index contributed by atoms with van der Waals surface area (Å²) in [6, 6.07) is 0.710. The summed E-state index contributed by atoms with van der Waals surface area (Å²) in [7, 11) is 0. The van der Waals surface area contributed by atoms with Crippen LogP contribution in [0.4, 0.5) is 0 Å². The number of hydrogen-bond acceptors (Lipinski definition) is 2. The van der Waals surface area contributed by atoms with Gasteiger partial charge in [-0.2, -0.15) is 0 Å². The minimum Gasteiger partial charge on any atom is -0.356 e. The van der Waals surface area contributed by atoms with E-state index in [9.17, 15) is 4.79 Å². The average molecular weight is 210 g/mol. The van der Waals surface area contributed by atoms with Crippen molar-refractivity contribution in [2.24, 2.45) is 11.8 Å². The van der Waals surface area contributed by atoms with Crippen molar-refractivity contribution < 1.29 is 4.79 Å². The highest BCUT2D eigenvalue weighted by Crippen LogP contribution is 2.33. The molecule has 0 aromatic rings. The van der Waals surface area contributed by atoms with E-state index in [1.54, 1.807) is 0 Å². The van der Waals surface area contributed by atoms with Crippen LogP contribution in [0.25, 0.3) is 0 Å². The molecule has 15 heavy (non-hydrogen) atoms. The highest BCUT2D eigenvalue weighted by atomic mass is 16.2. The molecule has 3 unspecified atom stereocenters. The monoisotopic (exact) mass is 210 g/mol. The zero-order valence-corrected chi connectivity index (χ0v) is 9.83. The Labute approximate surface area is 92.2 Å². The predicted molar refractivity (Wildman–Crippen MR) is 60.5 cm³/mol. The lowest BCUT2D eigenvalue weighted by Gasteiger charge is -2.45. The van der Waals surface area contributed by atoms with Crippen LogP contribution < -0.4 is 5.32 Å². The number of amides is 1. The Balaban J connectivity index is 2.07. The molecule has 0 bridgehead atoms. The lowest BCUT2D eigenvalue weighted by atomic mass is 9.77. The number of likely N-dealkylation sites (tertiary alicyclic amines) is 1. The van der Waals surface area contributed by atoms with Crippen LogP contribution in [0.1, 0.15) is 33.1 Å². The van der Waals surface area contributed by atoms with Gasteiger partial charge >= 0.3 is 0 Å². The fourth-order valence-electron chi connectivity index (χ4n) is 3.15. The Morgan fingerprint density at radius 3 is 2.93 bits per heavy atom. The Hall–Kier alpha value is -0.570. The summed E-state index contributed by atoms with van der Waals surface area (Å²) < 4.78 is 0. The molecule has 0 aliphatic carbocycles. The van der Waals surface area contributed by atoms with E-state index in [1.807, 2.05) is 0 Å². The van der Waals surface area contributed by atoms with Crippen LogP contribution in [-0.2, 0) is 4.79 Å². The van der Waals surface area contributed by atoms with E-state index < -0.39 is 0 Å². The maximum absolute atomic E-state index is 11.7. The highest BCUT2D eigenvalue weighted by molar-refractivity contribution is 5.80. The molecule has 0 saturated carbocycles. The van der Waals surface area contributed by atoms with Gasteiger partial charge in [-0.05, 0) is 31.7 Å². The largest absolute Gasteiger partial charge is 0.356 e. The van der Waals surface area contributed by atoms with Crippen LogP contribution in [0.15, 0.2) is 0 Å². The van der Waals surface area contributed by atoms with E-state index in [0.717, 1.165) is 19.6 Å². The van der Waals surface area contributed by atoms with E-state index in [2.05, 4.69) is 24.1 Å². The van der Waals surface area contributed by atoms with Crippen LogP contribution in [0.2, 0.25) is 0 Å². The van der Waals surface area contributed by atoms with E-state index in [1.165, 1.54) is 19.3 Å². The lowest BCUT2D eigenvalue weighted by Crippen LogP contribution is -2.54. The first-order chi connectivity index (χ1) is 7.26. The van der Waals surface area contributed by atoms with Crippen LogP contribution in [0.3, 0.4) is 0 Å². The van der Waals surface area contributed by atoms with Crippen molar-refractivity contribution in [2.45, 2.75) is 39.2 Å². The van der Waals surface area contributed by atoms with Crippen molar-refractivity contribution in [3.8, 4) is 0 Å². The molecule has 2 rings (SSSR count). The number of fused-ring (bicyclic) bond motifs is 1. The van der Waals surface area contributed by atoms with Gasteiger partial charge in [0, 0.05) is 19.1 Å². The Morgan fingerprint density at radius 2 is 2.27 bits per heavy atom. The SMILES string of the molecule is CCC1CC2CCNC(=O)C2CN1CC. The van der Waals surface area contributed by atoms with Crippen molar-refractivity contribution in [1.29, 1.82) is 0 Å². The van der Waals surface area contributed by atoms with E-state index >= 15 is 0 Å². The third-order valence-electron chi connectivity index (χ3n) is 4.12. The number of carbonyl (C=O) groups is 1. The second-order valence-corrected chi connectivity index (χ2v) is 4.83. The molecule has 2 saturated heterocycles. The summed E-state index contributed by atoms with van der Waals surface area (Å²) in [6.45, 7) is 7.41. The predicted octanol–water partition coefficient (Wildman–Crippen LogP) is 1.24. The second-order valence-electron chi connectivity index (χ2n) is 4.83. The molecule has 2 fully saturated rings. The minimum atomic E-state index is 0.265. The third kappa shape index (κ3) is 2.03. The smallest absolute Gasteiger partial charge is 0.224 e. The molecule has 0 radical (unpaired) electrons.